The number of hydrogen-bond donors (Lipinski definition) is 1. The van der Waals surface area contributed by atoms with Gasteiger partial charge in [0, 0.05) is 24.4 Å². The Morgan fingerprint density at radius 1 is 1.28 bits per heavy atom. The molecule has 6 nitrogen and oxygen atoms in total. The minimum Gasteiger partial charge on any atom is -0.481 e. The molecule has 3 atom stereocenters. The average molecular weight is 337 g/mol. The highest BCUT2D eigenvalue weighted by molar-refractivity contribution is 5.94. The van der Waals surface area contributed by atoms with Gasteiger partial charge in [0.1, 0.15) is 0 Å². The first-order chi connectivity index (χ1) is 12.2. The molecule has 3 saturated heterocycles. The summed E-state index contributed by atoms with van der Waals surface area (Å²) in [6.07, 6.45) is 7.33. The summed E-state index contributed by atoms with van der Waals surface area (Å²) in [6.45, 7) is 0. The fourth-order valence-electron chi connectivity index (χ4n) is 4.90. The molecule has 1 spiro atoms. The van der Waals surface area contributed by atoms with Gasteiger partial charge in [0.25, 0.3) is 0 Å². The summed E-state index contributed by atoms with van der Waals surface area (Å²) in [7, 11) is 1.57. The Morgan fingerprint density at radius 3 is 2.76 bits per heavy atom. The Labute approximate surface area is 145 Å². The van der Waals surface area contributed by atoms with E-state index in [-0.39, 0.29) is 29.4 Å². The van der Waals surface area contributed by atoms with Gasteiger partial charge >= 0.3 is 0 Å². The fourth-order valence-corrected chi connectivity index (χ4v) is 4.90. The van der Waals surface area contributed by atoms with Crippen molar-refractivity contribution in [2.45, 2.75) is 30.5 Å². The largest absolute Gasteiger partial charge is 0.481 e. The molecule has 0 radical (unpaired) electrons. The van der Waals surface area contributed by atoms with Gasteiger partial charge in [0.15, 0.2) is 0 Å². The molecule has 6 heteroatoms. The maximum absolute atomic E-state index is 13.1. The molecule has 1 aliphatic carbocycles. The number of ether oxygens (including phenoxy) is 2. The van der Waals surface area contributed by atoms with Gasteiger partial charge in [0.2, 0.25) is 11.8 Å². The molecule has 1 N–H and O–H groups in total. The minimum absolute atomic E-state index is 0.00873. The average Bonchev–Trinajstić information content (AvgIpc) is 3.28. The Bertz CT molecular complexity index is 802. The summed E-state index contributed by atoms with van der Waals surface area (Å²) in [5, 5.41) is 3.02. The molecular formula is C19H19N3O3. The molecular weight excluding hydrogens is 318 g/mol. The van der Waals surface area contributed by atoms with Crippen LogP contribution in [-0.2, 0) is 9.53 Å². The lowest BCUT2D eigenvalue weighted by Crippen LogP contribution is -2.54. The zero-order chi connectivity index (χ0) is 17.0. The molecule has 1 saturated carbocycles. The molecule has 5 heterocycles. The van der Waals surface area contributed by atoms with Crippen LogP contribution in [0.15, 0.2) is 42.9 Å². The van der Waals surface area contributed by atoms with Crippen molar-refractivity contribution in [2.75, 3.05) is 12.4 Å². The van der Waals surface area contributed by atoms with Crippen molar-refractivity contribution in [2.24, 2.45) is 11.8 Å². The quantitative estimate of drug-likeness (QED) is 0.927. The van der Waals surface area contributed by atoms with Gasteiger partial charge < -0.3 is 14.8 Å². The van der Waals surface area contributed by atoms with E-state index in [1.165, 1.54) is 0 Å². The van der Waals surface area contributed by atoms with E-state index in [9.17, 15) is 4.79 Å². The van der Waals surface area contributed by atoms with E-state index in [0.29, 0.717) is 17.5 Å². The van der Waals surface area contributed by atoms with Crippen LogP contribution in [-0.4, -0.2) is 34.7 Å². The van der Waals surface area contributed by atoms with E-state index in [1.54, 1.807) is 37.8 Å². The van der Waals surface area contributed by atoms with Crippen LogP contribution >= 0.6 is 0 Å². The number of nitrogens with zero attached hydrogens (tertiary/aromatic N) is 2. The van der Waals surface area contributed by atoms with Crippen LogP contribution in [0.5, 0.6) is 5.88 Å². The van der Waals surface area contributed by atoms with Crippen molar-refractivity contribution in [3.63, 3.8) is 0 Å². The predicted octanol–water partition coefficient (Wildman–Crippen LogP) is 2.38. The summed E-state index contributed by atoms with van der Waals surface area (Å²) in [5.74, 6) is 1.05. The highest BCUT2D eigenvalue weighted by Crippen LogP contribution is 2.68. The summed E-state index contributed by atoms with van der Waals surface area (Å²) in [5.41, 5.74) is 1.53. The Hall–Kier alpha value is -2.47. The molecule has 0 aromatic carbocycles. The summed E-state index contributed by atoms with van der Waals surface area (Å²) in [6, 6.07) is 7.55. The van der Waals surface area contributed by atoms with Crippen molar-refractivity contribution in [1.82, 2.24) is 9.97 Å². The zero-order valence-electron chi connectivity index (χ0n) is 13.9. The van der Waals surface area contributed by atoms with Gasteiger partial charge in [-0.05, 0) is 42.5 Å². The third kappa shape index (κ3) is 2.10. The maximum atomic E-state index is 13.1. The molecule has 25 heavy (non-hydrogen) atoms. The molecule has 2 aromatic heterocycles. The monoisotopic (exact) mass is 337 g/mol. The second-order valence-corrected chi connectivity index (χ2v) is 7.18. The topological polar surface area (TPSA) is 73.3 Å². The maximum Gasteiger partial charge on any atom is 0.231 e. The van der Waals surface area contributed by atoms with E-state index in [2.05, 4.69) is 15.3 Å². The number of amides is 1. The summed E-state index contributed by atoms with van der Waals surface area (Å²) < 4.78 is 11.4. The minimum atomic E-state index is -0.284. The fraction of sp³-hybridized carbons (Fsp3) is 0.421. The third-order valence-electron chi connectivity index (χ3n) is 5.92. The highest BCUT2D eigenvalue weighted by atomic mass is 16.5. The number of anilines is 1. The van der Waals surface area contributed by atoms with Gasteiger partial charge in [-0.25, -0.2) is 4.98 Å². The van der Waals surface area contributed by atoms with E-state index in [4.69, 9.17) is 9.47 Å². The van der Waals surface area contributed by atoms with Crippen molar-refractivity contribution < 1.29 is 14.3 Å². The molecule has 1 amide bonds. The van der Waals surface area contributed by atoms with E-state index in [0.717, 1.165) is 18.4 Å². The Balaban J connectivity index is 1.43. The first kappa shape index (κ1) is 14.8. The summed E-state index contributed by atoms with van der Waals surface area (Å²) in [4.78, 5) is 21.4. The normalized spacial score (nSPS) is 34.4. The number of nitrogens with one attached hydrogen (secondary N) is 1. The number of aromatic nitrogens is 2. The second-order valence-electron chi connectivity index (χ2n) is 7.18. The van der Waals surface area contributed by atoms with Gasteiger partial charge in [-0.2, -0.15) is 0 Å². The van der Waals surface area contributed by atoms with Crippen LogP contribution in [0.1, 0.15) is 24.3 Å². The van der Waals surface area contributed by atoms with Crippen molar-refractivity contribution in [3.05, 3.63) is 48.4 Å². The van der Waals surface area contributed by atoms with E-state index in [1.807, 2.05) is 12.1 Å². The lowest BCUT2D eigenvalue weighted by molar-refractivity contribution is -0.128. The predicted molar refractivity (Wildman–Crippen MR) is 90.2 cm³/mol. The first-order valence-electron chi connectivity index (χ1n) is 8.59. The smallest absolute Gasteiger partial charge is 0.231 e. The standard InChI is InChI=1S/C19H19N3O3/c1-24-14-3-2-13(10-21-14)22-18(23)16-15(11-4-6-20-7-5-11)17-12-8-19(16,9-12)25-17/h2-7,10,12,15-17H,8-9H2,1H3,(H,22,23)/t12?,15-,16-,17+,19?/m1/s1. The molecule has 3 bridgehead atoms. The van der Waals surface area contributed by atoms with Crippen LogP contribution in [0.25, 0.3) is 0 Å². The second kappa shape index (κ2) is 5.26. The number of methoxy groups -OCH3 is 1. The van der Waals surface area contributed by atoms with Gasteiger partial charge in [-0.1, -0.05) is 0 Å². The summed E-state index contributed by atoms with van der Waals surface area (Å²) >= 11 is 0. The van der Waals surface area contributed by atoms with Crippen LogP contribution in [0.3, 0.4) is 0 Å². The van der Waals surface area contributed by atoms with Crippen LogP contribution < -0.4 is 10.1 Å². The molecule has 0 unspecified atom stereocenters. The van der Waals surface area contributed by atoms with Crippen LogP contribution in [0.2, 0.25) is 0 Å². The third-order valence-corrected chi connectivity index (χ3v) is 5.92. The van der Waals surface area contributed by atoms with Crippen molar-refractivity contribution in [3.8, 4) is 5.88 Å². The van der Waals surface area contributed by atoms with E-state index >= 15 is 0 Å². The number of carbonyl (C=O) groups is 1. The van der Waals surface area contributed by atoms with Crippen LogP contribution in [0.4, 0.5) is 5.69 Å². The molecule has 6 rings (SSSR count). The molecule has 4 fully saturated rings. The SMILES string of the molecule is COc1ccc(NC(=O)[C@H]2[C@@H](c3ccncc3)[C@H]3OC24CC3C4)cn1. The van der Waals surface area contributed by atoms with Crippen LogP contribution in [0, 0.1) is 11.8 Å². The van der Waals surface area contributed by atoms with E-state index < -0.39 is 0 Å². The molecule has 128 valence electrons. The van der Waals surface area contributed by atoms with Gasteiger partial charge in [-0.3, -0.25) is 9.78 Å². The Kier molecular flexibility index (Phi) is 3.12. The number of pyridine rings is 2. The molecule has 2 aromatic rings. The number of carbonyl (C=O) groups excluding carboxylic acids is 1. The number of hydrogen-bond acceptors (Lipinski definition) is 5. The molecule has 3 aliphatic heterocycles. The lowest BCUT2D eigenvalue weighted by Gasteiger charge is -2.47. The first-order valence-corrected chi connectivity index (χ1v) is 8.59. The van der Waals surface area contributed by atoms with Crippen molar-refractivity contribution >= 4 is 11.6 Å². The highest BCUT2D eigenvalue weighted by Gasteiger charge is 2.73. The Morgan fingerprint density at radius 2 is 2.08 bits per heavy atom. The lowest BCUT2D eigenvalue weighted by atomic mass is 9.54. The molecule has 4 aliphatic rings. The zero-order valence-corrected chi connectivity index (χ0v) is 13.9. The van der Waals surface area contributed by atoms with Gasteiger partial charge in [-0.15, -0.1) is 0 Å². The van der Waals surface area contributed by atoms with Crippen molar-refractivity contribution in [1.29, 1.82) is 0 Å². The van der Waals surface area contributed by atoms with Gasteiger partial charge in [0.05, 0.1) is 36.6 Å². The number of rotatable bonds is 4.